The van der Waals surface area contributed by atoms with Crippen LogP contribution in [0.4, 0.5) is 0 Å². The average molecular weight is 703 g/mol. The van der Waals surface area contributed by atoms with Gasteiger partial charge in [-0.1, -0.05) is 164 Å². The summed E-state index contributed by atoms with van der Waals surface area (Å²) < 4.78 is 2.39. The molecule has 2 heterocycles. The lowest BCUT2D eigenvalue weighted by atomic mass is 9.93. The van der Waals surface area contributed by atoms with Crippen LogP contribution in [0.25, 0.3) is 95.0 Å². The van der Waals surface area contributed by atoms with Crippen molar-refractivity contribution in [2.24, 2.45) is 0 Å². The Morgan fingerprint density at radius 2 is 0.691 bits per heavy atom. The molecule has 0 atom stereocenters. The first-order chi connectivity index (χ1) is 27.3. The Balaban J connectivity index is 1.13. The molecule has 10 aromatic rings. The molecule has 0 saturated heterocycles. The Bertz CT molecular complexity index is 2860. The van der Waals surface area contributed by atoms with E-state index in [1.54, 1.807) is 0 Å². The molecular formula is C51H34N4. The minimum absolute atomic E-state index is 0.633. The fourth-order valence-corrected chi connectivity index (χ4v) is 7.57. The molecule has 0 aliphatic rings. The smallest absolute Gasteiger partial charge is 0.164 e. The summed E-state index contributed by atoms with van der Waals surface area (Å²) >= 11 is 0. The zero-order valence-corrected chi connectivity index (χ0v) is 29.9. The van der Waals surface area contributed by atoms with Gasteiger partial charge in [0.1, 0.15) is 0 Å². The summed E-state index contributed by atoms with van der Waals surface area (Å²) in [6.07, 6.45) is 0. The van der Waals surface area contributed by atoms with Crippen molar-refractivity contribution >= 4 is 21.8 Å². The van der Waals surface area contributed by atoms with Crippen molar-refractivity contribution in [2.75, 3.05) is 0 Å². The van der Waals surface area contributed by atoms with Crippen molar-refractivity contribution < 1.29 is 0 Å². The number of nitrogens with zero attached hydrogens (tertiary/aromatic N) is 4. The Morgan fingerprint density at radius 3 is 1.24 bits per heavy atom. The van der Waals surface area contributed by atoms with Crippen LogP contribution in [0.1, 0.15) is 0 Å². The van der Waals surface area contributed by atoms with Gasteiger partial charge in [0.2, 0.25) is 0 Å². The van der Waals surface area contributed by atoms with Crippen LogP contribution in [-0.2, 0) is 0 Å². The van der Waals surface area contributed by atoms with Gasteiger partial charge >= 0.3 is 0 Å². The van der Waals surface area contributed by atoms with Gasteiger partial charge in [-0.25, -0.2) is 15.0 Å². The Morgan fingerprint density at radius 1 is 0.291 bits per heavy atom. The van der Waals surface area contributed by atoms with E-state index >= 15 is 0 Å². The highest BCUT2D eigenvalue weighted by Crippen LogP contribution is 2.42. The molecular weight excluding hydrogens is 669 g/mol. The second kappa shape index (κ2) is 13.8. The monoisotopic (exact) mass is 702 g/mol. The molecule has 8 aromatic carbocycles. The molecule has 0 aliphatic heterocycles. The van der Waals surface area contributed by atoms with E-state index in [-0.39, 0.29) is 0 Å². The van der Waals surface area contributed by atoms with Gasteiger partial charge in [-0.05, 0) is 75.8 Å². The Labute approximate surface area is 319 Å². The fourth-order valence-electron chi connectivity index (χ4n) is 7.57. The maximum Gasteiger partial charge on any atom is 0.164 e. The molecule has 4 nitrogen and oxygen atoms in total. The van der Waals surface area contributed by atoms with E-state index in [0.717, 1.165) is 33.4 Å². The summed E-state index contributed by atoms with van der Waals surface area (Å²) in [6.45, 7) is 0. The number of benzene rings is 8. The molecule has 0 spiro atoms. The van der Waals surface area contributed by atoms with Crippen LogP contribution < -0.4 is 0 Å². The first-order valence-electron chi connectivity index (χ1n) is 18.5. The van der Waals surface area contributed by atoms with Crippen LogP contribution in [-0.4, -0.2) is 19.5 Å². The third-order valence-corrected chi connectivity index (χ3v) is 10.3. The first kappa shape index (κ1) is 32.2. The zero-order valence-electron chi connectivity index (χ0n) is 29.9. The van der Waals surface area contributed by atoms with E-state index in [9.17, 15) is 0 Å². The Hall–Kier alpha value is -7.43. The summed E-state index contributed by atoms with van der Waals surface area (Å²) in [5.41, 5.74) is 13.3. The van der Waals surface area contributed by atoms with Crippen LogP contribution in [0.3, 0.4) is 0 Å². The number of hydrogen-bond donors (Lipinski definition) is 0. The predicted molar refractivity (Wildman–Crippen MR) is 227 cm³/mol. The van der Waals surface area contributed by atoms with Gasteiger partial charge in [-0.2, -0.15) is 0 Å². The summed E-state index contributed by atoms with van der Waals surface area (Å²) in [5.74, 6) is 1.93. The topological polar surface area (TPSA) is 43.6 Å². The van der Waals surface area contributed by atoms with Crippen molar-refractivity contribution in [3.05, 3.63) is 206 Å². The number of aromatic nitrogens is 4. The van der Waals surface area contributed by atoms with Crippen LogP contribution in [0, 0.1) is 0 Å². The van der Waals surface area contributed by atoms with Gasteiger partial charge in [-0.3, -0.25) is 0 Å². The third-order valence-electron chi connectivity index (χ3n) is 10.3. The van der Waals surface area contributed by atoms with Crippen LogP contribution in [0.5, 0.6) is 0 Å². The summed E-state index contributed by atoms with van der Waals surface area (Å²) in [7, 11) is 0. The highest BCUT2D eigenvalue weighted by atomic mass is 15.0. The Kier molecular flexibility index (Phi) is 8.12. The van der Waals surface area contributed by atoms with Crippen molar-refractivity contribution in [3.8, 4) is 73.2 Å². The molecule has 0 amide bonds. The number of hydrogen-bond acceptors (Lipinski definition) is 3. The van der Waals surface area contributed by atoms with E-state index in [2.05, 4.69) is 150 Å². The SMILES string of the molecule is c1ccc(-c2ccc(-c3cc(-c4ccccc4)c4c5ccccc5n(-c5ccc(-c6nc(-c7ccccc7)nc(-c7ccccc7)n6)cc5)c4c3)cc2)cc1. The molecule has 0 fully saturated rings. The molecule has 4 heteroatoms. The quantitative estimate of drug-likeness (QED) is 0.166. The second-order valence-corrected chi connectivity index (χ2v) is 13.7. The third kappa shape index (κ3) is 6.06. The van der Waals surface area contributed by atoms with Gasteiger partial charge in [0.25, 0.3) is 0 Å². The number of rotatable bonds is 7. The van der Waals surface area contributed by atoms with E-state index in [1.807, 2.05) is 60.7 Å². The molecule has 0 N–H and O–H groups in total. The lowest BCUT2D eigenvalue weighted by Crippen LogP contribution is -2.00. The summed E-state index contributed by atoms with van der Waals surface area (Å²) in [5, 5.41) is 2.44. The van der Waals surface area contributed by atoms with E-state index in [0.29, 0.717) is 17.5 Å². The highest BCUT2D eigenvalue weighted by molar-refractivity contribution is 6.17. The molecule has 55 heavy (non-hydrogen) atoms. The highest BCUT2D eigenvalue weighted by Gasteiger charge is 2.19. The average Bonchev–Trinajstić information content (AvgIpc) is 3.61. The molecule has 0 bridgehead atoms. The second-order valence-electron chi connectivity index (χ2n) is 13.7. The van der Waals surface area contributed by atoms with Gasteiger partial charge < -0.3 is 4.57 Å². The molecule has 0 radical (unpaired) electrons. The van der Waals surface area contributed by atoms with Gasteiger partial charge in [-0.15, -0.1) is 0 Å². The van der Waals surface area contributed by atoms with Crippen LogP contribution in [0.2, 0.25) is 0 Å². The lowest BCUT2D eigenvalue weighted by molar-refractivity contribution is 1.07. The number of fused-ring (bicyclic) bond motifs is 3. The summed E-state index contributed by atoms with van der Waals surface area (Å²) in [6, 6.07) is 72.4. The predicted octanol–water partition coefficient (Wildman–Crippen LogP) is 13.0. The largest absolute Gasteiger partial charge is 0.309 e. The van der Waals surface area contributed by atoms with Crippen LogP contribution in [0.15, 0.2) is 206 Å². The summed E-state index contributed by atoms with van der Waals surface area (Å²) in [4.78, 5) is 14.8. The van der Waals surface area contributed by atoms with E-state index in [1.165, 1.54) is 44.2 Å². The first-order valence-corrected chi connectivity index (χ1v) is 18.5. The van der Waals surface area contributed by atoms with Crippen molar-refractivity contribution in [1.82, 2.24) is 19.5 Å². The lowest BCUT2D eigenvalue weighted by Gasteiger charge is -2.13. The molecule has 0 saturated carbocycles. The standard InChI is InChI=1S/C51H34N4/c1-5-15-35(16-6-1)36-25-27-37(28-26-36)42-33-45(38-17-7-2-8-18-38)48-44-23-13-14-24-46(44)55(47(48)34-42)43-31-29-41(30-32-43)51-53-49(39-19-9-3-10-20-39)52-50(54-51)40-21-11-4-12-22-40/h1-34H. The molecule has 10 rings (SSSR count). The molecule has 0 unspecified atom stereocenters. The number of para-hydroxylation sites is 1. The van der Waals surface area contributed by atoms with E-state index in [4.69, 9.17) is 15.0 Å². The van der Waals surface area contributed by atoms with Gasteiger partial charge in [0.05, 0.1) is 11.0 Å². The maximum absolute atomic E-state index is 4.98. The van der Waals surface area contributed by atoms with Crippen molar-refractivity contribution in [3.63, 3.8) is 0 Å². The molecule has 258 valence electrons. The van der Waals surface area contributed by atoms with E-state index < -0.39 is 0 Å². The maximum atomic E-state index is 4.98. The van der Waals surface area contributed by atoms with Crippen molar-refractivity contribution in [2.45, 2.75) is 0 Å². The fraction of sp³-hybridized carbons (Fsp3) is 0. The van der Waals surface area contributed by atoms with Crippen molar-refractivity contribution in [1.29, 1.82) is 0 Å². The van der Waals surface area contributed by atoms with Gasteiger partial charge in [0, 0.05) is 33.2 Å². The van der Waals surface area contributed by atoms with Crippen LogP contribution >= 0.6 is 0 Å². The molecule has 2 aromatic heterocycles. The zero-order chi connectivity index (χ0) is 36.6. The van der Waals surface area contributed by atoms with Gasteiger partial charge in [0.15, 0.2) is 17.5 Å². The molecule has 0 aliphatic carbocycles. The minimum atomic E-state index is 0.633. The normalized spacial score (nSPS) is 11.3. The minimum Gasteiger partial charge on any atom is -0.309 e.